The molecule has 6 amide bonds. The Bertz CT molecular complexity index is 2490. The number of aromatic nitrogens is 2. The summed E-state index contributed by atoms with van der Waals surface area (Å²) in [4.78, 5) is 83.6. The lowest BCUT2D eigenvalue weighted by atomic mass is 10.0. The van der Waals surface area contributed by atoms with Crippen molar-refractivity contribution >= 4 is 81.9 Å². The van der Waals surface area contributed by atoms with Crippen LogP contribution < -0.4 is 21.1 Å². The summed E-state index contributed by atoms with van der Waals surface area (Å²) in [7, 11) is 0. The zero-order chi connectivity index (χ0) is 45.8. The number of imide groups is 1. The van der Waals surface area contributed by atoms with E-state index in [0.717, 1.165) is 41.5 Å². The topological polar surface area (TPSA) is 197 Å². The molecule has 4 heterocycles. The zero-order valence-electron chi connectivity index (χ0n) is 35.4. The van der Waals surface area contributed by atoms with E-state index in [0.29, 0.717) is 49.3 Å². The van der Waals surface area contributed by atoms with E-state index >= 15 is 0 Å². The Kier molecular flexibility index (Phi) is 14.4. The molecule has 1 aromatic heterocycles. The van der Waals surface area contributed by atoms with Crippen molar-refractivity contribution in [1.29, 1.82) is 0 Å². The molecule has 0 aliphatic carbocycles. The molecule has 64 heavy (non-hydrogen) atoms. The molecule has 2 saturated heterocycles. The van der Waals surface area contributed by atoms with Crippen LogP contribution in [0.15, 0.2) is 65.6 Å². The summed E-state index contributed by atoms with van der Waals surface area (Å²) in [6.45, 7) is 6.54. The van der Waals surface area contributed by atoms with E-state index in [4.69, 9.17) is 33.7 Å². The van der Waals surface area contributed by atoms with Crippen LogP contribution in [0.25, 0.3) is 0 Å². The molecule has 3 aliphatic rings. The van der Waals surface area contributed by atoms with Crippen molar-refractivity contribution in [3.8, 4) is 5.75 Å². The fourth-order valence-corrected chi connectivity index (χ4v) is 10.1. The van der Waals surface area contributed by atoms with Gasteiger partial charge in [0, 0.05) is 82.9 Å². The van der Waals surface area contributed by atoms with Gasteiger partial charge in [-0.15, -0.1) is 22.0 Å². The van der Waals surface area contributed by atoms with Gasteiger partial charge < -0.3 is 30.5 Å². The van der Waals surface area contributed by atoms with Crippen molar-refractivity contribution in [2.45, 2.75) is 95.0 Å². The lowest BCUT2D eigenvalue weighted by Gasteiger charge is -2.44. The molecular formula is C45H47Cl2FN8O7S. The lowest BCUT2D eigenvalue weighted by Crippen LogP contribution is -2.59. The van der Waals surface area contributed by atoms with Crippen molar-refractivity contribution < 1.29 is 37.9 Å². The van der Waals surface area contributed by atoms with Gasteiger partial charge in [0.25, 0.3) is 17.7 Å². The minimum atomic E-state index is -0.853. The Morgan fingerprint density at radius 1 is 1.00 bits per heavy atom. The first-order chi connectivity index (χ1) is 30.6. The largest absolute Gasteiger partial charge is 0.482 e. The Hall–Kier alpha value is -5.78. The summed E-state index contributed by atoms with van der Waals surface area (Å²) in [6, 6.07) is 14.8. The monoisotopic (exact) mass is 932 g/mol. The first kappa shape index (κ1) is 46.2. The maximum Gasteiger partial charge on any atom is 0.276 e. The molecule has 0 saturated carbocycles. The van der Waals surface area contributed by atoms with Gasteiger partial charge in [-0.2, -0.15) is 0 Å². The zero-order valence-corrected chi connectivity index (χ0v) is 37.7. The number of unbranched alkanes of at least 4 members (excludes halogenated alkanes) is 2. The van der Waals surface area contributed by atoms with Crippen molar-refractivity contribution in [3.63, 3.8) is 0 Å². The van der Waals surface area contributed by atoms with Crippen LogP contribution in [0, 0.1) is 5.82 Å². The summed E-state index contributed by atoms with van der Waals surface area (Å²) in [5, 5.41) is 12.8. The number of halogens is 3. The molecule has 4 aromatic rings. The fourth-order valence-electron chi connectivity index (χ4n) is 8.37. The van der Waals surface area contributed by atoms with Gasteiger partial charge >= 0.3 is 0 Å². The van der Waals surface area contributed by atoms with Crippen LogP contribution in [0.4, 0.5) is 15.9 Å². The second-order valence-electron chi connectivity index (χ2n) is 16.1. The summed E-state index contributed by atoms with van der Waals surface area (Å²) in [5.41, 5.74) is 8.35. The molecule has 3 aromatic carbocycles. The smallest absolute Gasteiger partial charge is 0.276 e. The number of amides is 6. The molecule has 336 valence electrons. The van der Waals surface area contributed by atoms with E-state index < -0.39 is 29.8 Å². The number of carbonyl (C=O) groups excluding carboxylic acids is 6. The number of thioether (sulfide) groups is 1. The highest BCUT2D eigenvalue weighted by Gasteiger charge is 2.40. The predicted molar refractivity (Wildman–Crippen MR) is 240 cm³/mol. The number of fused-ring (bicyclic) bond motifs is 1. The molecule has 0 bridgehead atoms. The minimum Gasteiger partial charge on any atom is -0.482 e. The molecule has 19 heteroatoms. The highest BCUT2D eigenvalue weighted by atomic mass is 35.5. The third-order valence-electron chi connectivity index (χ3n) is 11.5. The fraction of sp³-hybridized carbons (Fsp3) is 0.378. The minimum absolute atomic E-state index is 0.0117. The van der Waals surface area contributed by atoms with Gasteiger partial charge in [0.15, 0.2) is 17.3 Å². The number of rotatable bonds is 14. The number of nitrogens with one attached hydrogen (secondary N) is 2. The Balaban J connectivity index is 0.850. The maximum atomic E-state index is 14.1. The number of nitrogen functional groups attached to an aromatic ring is 1. The van der Waals surface area contributed by atoms with Gasteiger partial charge in [0.05, 0.1) is 5.02 Å². The van der Waals surface area contributed by atoms with Crippen molar-refractivity contribution in [2.24, 2.45) is 0 Å². The number of piperidine rings is 1. The first-order valence-corrected chi connectivity index (χ1v) is 22.7. The molecule has 4 N–H and O–H groups in total. The molecule has 0 spiro atoms. The summed E-state index contributed by atoms with van der Waals surface area (Å²) in [5.74, 6) is -1.68. The molecule has 7 rings (SSSR count). The van der Waals surface area contributed by atoms with Crippen LogP contribution in [0.2, 0.25) is 10.0 Å². The average Bonchev–Trinajstić information content (AvgIpc) is 3.60. The van der Waals surface area contributed by atoms with Gasteiger partial charge in [-0.25, -0.2) is 4.39 Å². The normalized spacial score (nSPS) is 19.0. The number of anilines is 2. The van der Waals surface area contributed by atoms with Crippen LogP contribution in [-0.2, 0) is 20.9 Å². The molecule has 2 fully saturated rings. The van der Waals surface area contributed by atoms with E-state index in [9.17, 15) is 33.2 Å². The Morgan fingerprint density at radius 3 is 2.45 bits per heavy atom. The third-order valence-corrected chi connectivity index (χ3v) is 13.4. The number of ether oxygens (including phenoxy) is 1. The number of hydrogen-bond donors (Lipinski definition) is 3. The number of piperazine rings is 1. The number of nitrogens with two attached hydrogens (primary N) is 1. The van der Waals surface area contributed by atoms with Crippen molar-refractivity contribution in [3.05, 3.63) is 104 Å². The average molecular weight is 934 g/mol. The molecule has 15 nitrogen and oxygen atoms in total. The third kappa shape index (κ3) is 10.1. The van der Waals surface area contributed by atoms with E-state index in [2.05, 4.69) is 20.8 Å². The van der Waals surface area contributed by atoms with Gasteiger partial charge in [0.1, 0.15) is 18.0 Å². The SMILES string of the molecule is C[C@@H]1CN(C(=O)c2ccc(NC(=O)c3cc(O[C@H](C)c4c(Cl)ccc(F)c4Cl)c(N)nn3)cc2)C[C@H](C)N1C(=O)CCCCCSc1cccc2c1CN(C1CCC(=O)NC1=O)C2=O. The lowest BCUT2D eigenvalue weighted by molar-refractivity contribution is -0.139. The molecule has 1 unspecified atom stereocenters. The van der Waals surface area contributed by atoms with Crippen molar-refractivity contribution in [2.75, 3.05) is 29.9 Å². The van der Waals surface area contributed by atoms with Gasteiger partial charge in [0.2, 0.25) is 17.7 Å². The number of nitrogens with zero attached hydrogens (tertiary/aromatic N) is 5. The summed E-state index contributed by atoms with van der Waals surface area (Å²) < 4.78 is 20.0. The molecular weight excluding hydrogens is 887 g/mol. The Morgan fingerprint density at radius 2 is 1.73 bits per heavy atom. The van der Waals surface area contributed by atoms with Crippen LogP contribution in [0.1, 0.15) is 108 Å². The quantitative estimate of drug-likeness (QED) is 0.0506. The molecule has 3 aliphatic heterocycles. The number of benzene rings is 3. The standard InChI is InChI=1S/C45H47Cl2FN8O7S/c1-24-21-54(44(61)27-11-13-28(14-12-27)50-42(59)33-20-35(41(49)53-52-33)63-26(3)39-31(46)15-16-32(48)40(39)47)22-25(2)56(24)38(58)10-5-4-6-19-64-36-9-7-8-29-30(36)23-55(45(29)62)34-17-18-37(57)51-43(34)60/h7-9,11-16,20,24-26,34H,4-6,10,17-19,21-23H2,1-3H3,(H2,49,53)(H,50,59)(H,51,57,60)/t24-,25+,26-,34?/m1/s1. The predicted octanol–water partition coefficient (Wildman–Crippen LogP) is 7.07. The van der Waals surface area contributed by atoms with E-state index in [1.165, 1.54) is 12.1 Å². The molecule has 4 atom stereocenters. The number of hydrogen-bond acceptors (Lipinski definition) is 11. The van der Waals surface area contributed by atoms with Gasteiger partial charge in [-0.1, -0.05) is 35.7 Å². The van der Waals surface area contributed by atoms with E-state index in [1.54, 1.807) is 58.8 Å². The van der Waals surface area contributed by atoms with Crippen molar-refractivity contribution in [1.82, 2.24) is 30.2 Å². The van der Waals surface area contributed by atoms with Gasteiger partial charge in [-0.05, 0) is 99.9 Å². The van der Waals surface area contributed by atoms with E-state index in [1.807, 2.05) is 30.9 Å². The summed E-state index contributed by atoms with van der Waals surface area (Å²) in [6.07, 6.45) is 2.50. The van der Waals surface area contributed by atoms with Gasteiger partial charge in [-0.3, -0.25) is 34.1 Å². The van der Waals surface area contributed by atoms with Crippen LogP contribution >= 0.6 is 35.0 Å². The summed E-state index contributed by atoms with van der Waals surface area (Å²) >= 11 is 14.0. The molecule has 0 radical (unpaired) electrons. The van der Waals surface area contributed by atoms with Crippen LogP contribution in [0.3, 0.4) is 0 Å². The maximum absolute atomic E-state index is 14.1. The second kappa shape index (κ2) is 19.9. The van der Waals surface area contributed by atoms with Crippen LogP contribution in [-0.4, -0.2) is 97.3 Å². The Labute approximate surface area is 383 Å². The highest BCUT2D eigenvalue weighted by Crippen LogP contribution is 2.37. The first-order valence-electron chi connectivity index (χ1n) is 21.0. The van der Waals surface area contributed by atoms with Crippen LogP contribution in [0.5, 0.6) is 5.75 Å². The number of carbonyl (C=O) groups is 6. The second-order valence-corrected chi connectivity index (χ2v) is 18.0. The highest BCUT2D eigenvalue weighted by molar-refractivity contribution is 7.99. The van der Waals surface area contributed by atoms with E-state index in [-0.39, 0.29) is 75.0 Å².